The molecule has 8 nitrogen and oxygen atoms in total. The minimum Gasteiger partial charge on any atom is -0.462 e. The first-order chi connectivity index (χ1) is 20.5. The summed E-state index contributed by atoms with van der Waals surface area (Å²) >= 11 is 0. The number of fused-ring (bicyclic) bond motifs is 4. The molecule has 0 unspecified atom stereocenters. The van der Waals surface area contributed by atoms with Crippen LogP contribution >= 0.6 is 0 Å². The average Bonchev–Trinajstić information content (AvgIpc) is 3.50. The Hall–Kier alpha value is -4.03. The van der Waals surface area contributed by atoms with Crippen molar-refractivity contribution in [3.8, 4) is 23.2 Å². The number of carbonyl (C=O) groups is 1. The Morgan fingerprint density at radius 2 is 2.07 bits per heavy atom. The molecule has 1 amide bonds. The van der Waals surface area contributed by atoms with Crippen LogP contribution in [0.25, 0.3) is 22.0 Å². The van der Waals surface area contributed by atoms with E-state index in [0.717, 1.165) is 31.4 Å². The fourth-order valence-electron chi connectivity index (χ4n) is 7.28. The van der Waals surface area contributed by atoms with Crippen molar-refractivity contribution in [1.82, 2.24) is 19.8 Å². The van der Waals surface area contributed by atoms with Gasteiger partial charge in [-0.05, 0) is 79.9 Å². The number of amides is 1. The molecule has 2 aliphatic carbocycles. The van der Waals surface area contributed by atoms with Crippen molar-refractivity contribution in [1.29, 1.82) is 5.26 Å². The molecule has 1 saturated carbocycles. The SMILES string of the molecule is C=CC(=O)N1CCN(c2nc(OC[C@@H]3CCCN3C)nc3c(F)c(-c4cccc5c4C[C@H]4C[C@@H]54)ccc23)C[C@@H]1CC#N. The first-order valence-corrected chi connectivity index (χ1v) is 15.0. The lowest BCUT2D eigenvalue weighted by Gasteiger charge is -2.41. The molecule has 4 atom stereocenters. The Balaban J connectivity index is 1.29. The summed E-state index contributed by atoms with van der Waals surface area (Å²) < 4.78 is 22.8. The van der Waals surface area contributed by atoms with Crippen LogP contribution in [0, 0.1) is 23.1 Å². The maximum absolute atomic E-state index is 16.6. The van der Waals surface area contributed by atoms with Gasteiger partial charge in [0.25, 0.3) is 0 Å². The number of halogens is 1. The van der Waals surface area contributed by atoms with E-state index < -0.39 is 0 Å². The molecule has 2 aromatic carbocycles. The summed E-state index contributed by atoms with van der Waals surface area (Å²) in [6.07, 6.45) is 5.85. The molecule has 0 bridgehead atoms. The maximum Gasteiger partial charge on any atom is 0.319 e. The van der Waals surface area contributed by atoms with Crippen LogP contribution in [-0.4, -0.2) is 77.6 Å². The summed E-state index contributed by atoms with van der Waals surface area (Å²) in [5.41, 5.74) is 4.35. The monoisotopic (exact) mass is 566 g/mol. The zero-order chi connectivity index (χ0) is 29.0. The highest BCUT2D eigenvalue weighted by Gasteiger charge is 2.46. The van der Waals surface area contributed by atoms with Crippen LogP contribution < -0.4 is 9.64 Å². The number of nitrogens with zero attached hydrogens (tertiary/aromatic N) is 6. The molecular formula is C33H35FN6O2. The maximum atomic E-state index is 16.6. The van der Waals surface area contributed by atoms with Crippen molar-refractivity contribution in [2.24, 2.45) is 5.92 Å². The normalized spacial score (nSPS) is 24.8. The Bertz CT molecular complexity index is 1620. The molecule has 1 aromatic heterocycles. The molecule has 2 aliphatic heterocycles. The van der Waals surface area contributed by atoms with Gasteiger partial charge in [-0.25, -0.2) is 4.39 Å². The number of carbonyl (C=O) groups excluding carboxylic acids is 1. The van der Waals surface area contributed by atoms with Gasteiger partial charge in [0.1, 0.15) is 17.9 Å². The van der Waals surface area contributed by atoms with Crippen molar-refractivity contribution in [2.75, 3.05) is 44.7 Å². The number of benzene rings is 2. The first kappa shape index (κ1) is 26.8. The topological polar surface area (TPSA) is 85.6 Å². The van der Waals surface area contributed by atoms with E-state index in [9.17, 15) is 10.1 Å². The minimum atomic E-state index is -0.373. The van der Waals surface area contributed by atoms with Gasteiger partial charge in [0.05, 0.1) is 18.5 Å². The van der Waals surface area contributed by atoms with Gasteiger partial charge in [0.15, 0.2) is 5.82 Å². The number of likely N-dealkylation sites (N-methyl/N-ethyl adjacent to an activating group) is 1. The molecule has 3 heterocycles. The van der Waals surface area contributed by atoms with Gasteiger partial charge in [-0.2, -0.15) is 15.2 Å². The second-order valence-electron chi connectivity index (χ2n) is 12.1. The molecule has 9 heteroatoms. The molecule has 7 rings (SSSR count). The molecule has 0 spiro atoms. The van der Waals surface area contributed by atoms with E-state index in [1.165, 1.54) is 23.6 Å². The number of nitriles is 1. The zero-order valence-corrected chi connectivity index (χ0v) is 23.9. The fraction of sp³-hybridized carbons (Fsp3) is 0.455. The lowest BCUT2D eigenvalue weighted by molar-refractivity contribution is -0.128. The molecular weight excluding hydrogens is 531 g/mol. The lowest BCUT2D eigenvalue weighted by Crippen LogP contribution is -2.55. The fourth-order valence-corrected chi connectivity index (χ4v) is 7.28. The predicted molar refractivity (Wildman–Crippen MR) is 159 cm³/mol. The predicted octanol–water partition coefficient (Wildman–Crippen LogP) is 4.69. The molecule has 4 aliphatic rings. The number of ether oxygens (including phenoxy) is 1. The summed E-state index contributed by atoms with van der Waals surface area (Å²) in [6, 6.07) is 12.3. The van der Waals surface area contributed by atoms with E-state index in [2.05, 4.69) is 35.6 Å². The molecule has 3 fully saturated rings. The summed E-state index contributed by atoms with van der Waals surface area (Å²) in [4.78, 5) is 27.9. The smallest absolute Gasteiger partial charge is 0.319 e. The van der Waals surface area contributed by atoms with Crippen molar-refractivity contribution in [3.05, 3.63) is 59.9 Å². The number of piperazine rings is 1. The highest BCUT2D eigenvalue weighted by atomic mass is 19.1. The third-order valence-corrected chi connectivity index (χ3v) is 9.70. The third-order valence-electron chi connectivity index (χ3n) is 9.70. The standard InChI is InChI=1S/C33H35FN6O2/c1-3-29(41)40-15-14-39(18-21(40)11-12-35)32-26-10-9-25(23-7-4-8-24-27-16-20(27)17-28(23)24)30(34)31(26)36-33(37-32)42-19-22-6-5-13-38(22)2/h3-4,7-10,20-22,27H,1,5-6,11,13-19H2,2H3/t20-,21+,22+,27-/m1/s1. The number of rotatable bonds is 7. The molecule has 0 radical (unpaired) electrons. The summed E-state index contributed by atoms with van der Waals surface area (Å²) in [5, 5.41) is 10.1. The highest BCUT2D eigenvalue weighted by molar-refractivity contribution is 5.94. The average molecular weight is 567 g/mol. The van der Waals surface area contributed by atoms with Crippen LogP contribution in [0.2, 0.25) is 0 Å². The largest absolute Gasteiger partial charge is 0.462 e. The van der Waals surface area contributed by atoms with Gasteiger partial charge in [0.2, 0.25) is 5.91 Å². The molecule has 216 valence electrons. The van der Waals surface area contributed by atoms with Crippen LogP contribution in [0.4, 0.5) is 10.2 Å². The van der Waals surface area contributed by atoms with Crippen LogP contribution in [-0.2, 0) is 11.2 Å². The van der Waals surface area contributed by atoms with Crippen molar-refractivity contribution in [2.45, 2.75) is 50.1 Å². The lowest BCUT2D eigenvalue weighted by atomic mass is 9.93. The van der Waals surface area contributed by atoms with Crippen molar-refractivity contribution < 1.29 is 13.9 Å². The Morgan fingerprint density at radius 3 is 2.86 bits per heavy atom. The quantitative estimate of drug-likeness (QED) is 0.384. The van der Waals surface area contributed by atoms with E-state index in [1.54, 1.807) is 4.90 Å². The van der Waals surface area contributed by atoms with Crippen LogP contribution in [0.5, 0.6) is 6.01 Å². The number of aromatic nitrogens is 2. The molecule has 0 N–H and O–H groups in total. The second-order valence-corrected chi connectivity index (χ2v) is 12.1. The van der Waals surface area contributed by atoms with E-state index in [-0.39, 0.29) is 41.8 Å². The number of likely N-dealkylation sites (tertiary alicyclic amines) is 1. The van der Waals surface area contributed by atoms with E-state index in [1.807, 2.05) is 29.2 Å². The number of anilines is 1. The van der Waals surface area contributed by atoms with Crippen LogP contribution in [0.15, 0.2) is 43.0 Å². The van der Waals surface area contributed by atoms with Crippen molar-refractivity contribution >= 4 is 22.6 Å². The van der Waals surface area contributed by atoms with Gasteiger partial charge in [-0.15, -0.1) is 0 Å². The van der Waals surface area contributed by atoms with Crippen LogP contribution in [0.1, 0.15) is 42.7 Å². The number of hydrogen-bond acceptors (Lipinski definition) is 7. The number of hydrogen-bond donors (Lipinski definition) is 0. The molecule has 3 aromatic rings. The Morgan fingerprint density at radius 1 is 1.19 bits per heavy atom. The van der Waals surface area contributed by atoms with Crippen LogP contribution in [0.3, 0.4) is 0 Å². The summed E-state index contributed by atoms with van der Waals surface area (Å²) in [6.45, 7) is 6.35. The Labute approximate surface area is 245 Å². The van der Waals surface area contributed by atoms with Crippen molar-refractivity contribution in [3.63, 3.8) is 0 Å². The van der Waals surface area contributed by atoms with Gasteiger partial charge < -0.3 is 19.4 Å². The van der Waals surface area contributed by atoms with E-state index >= 15 is 4.39 Å². The highest BCUT2D eigenvalue weighted by Crippen LogP contribution is 2.58. The second kappa shape index (κ2) is 10.7. The van der Waals surface area contributed by atoms with E-state index in [0.29, 0.717) is 54.8 Å². The van der Waals surface area contributed by atoms with Gasteiger partial charge in [-0.1, -0.05) is 30.8 Å². The van der Waals surface area contributed by atoms with E-state index in [4.69, 9.17) is 9.72 Å². The van der Waals surface area contributed by atoms with Gasteiger partial charge in [0, 0.05) is 36.6 Å². The Kier molecular flexibility index (Phi) is 6.82. The van der Waals surface area contributed by atoms with Gasteiger partial charge in [-0.3, -0.25) is 4.79 Å². The summed E-state index contributed by atoms with van der Waals surface area (Å²) in [5.74, 6) is 1.31. The summed E-state index contributed by atoms with van der Waals surface area (Å²) in [7, 11) is 2.08. The first-order valence-electron chi connectivity index (χ1n) is 15.0. The van der Waals surface area contributed by atoms with Gasteiger partial charge >= 0.3 is 6.01 Å². The third kappa shape index (κ3) is 4.58. The molecule has 2 saturated heterocycles. The molecule has 42 heavy (non-hydrogen) atoms. The zero-order valence-electron chi connectivity index (χ0n) is 23.9. The minimum absolute atomic E-state index is 0.148.